The van der Waals surface area contributed by atoms with E-state index in [4.69, 9.17) is 0 Å². The minimum atomic E-state index is -0.186. The van der Waals surface area contributed by atoms with Gasteiger partial charge in [-0.05, 0) is 26.8 Å². The van der Waals surface area contributed by atoms with Gasteiger partial charge in [0.15, 0.2) is 0 Å². The Kier molecular flexibility index (Phi) is 10.1. The van der Waals surface area contributed by atoms with E-state index in [1.165, 1.54) is 0 Å². The largest absolute Gasteiger partial charge is 0.340 e. The number of hydrogen-bond donors (Lipinski definition) is 1. The third-order valence-electron chi connectivity index (χ3n) is 4.60. The molecule has 0 aliphatic carbocycles. The molecule has 2 fully saturated rings. The summed E-state index contributed by atoms with van der Waals surface area (Å²) in [6, 6.07) is 0. The highest BCUT2D eigenvalue weighted by molar-refractivity contribution is 7.09. The molecule has 1 amide bonds. The van der Waals surface area contributed by atoms with E-state index in [1.807, 2.05) is 6.92 Å². The number of amides is 1. The maximum Gasteiger partial charge on any atom is 0.229 e. The van der Waals surface area contributed by atoms with E-state index < -0.39 is 0 Å². The first-order valence-electron chi connectivity index (χ1n) is 7.70. The second kappa shape index (κ2) is 10.1. The molecular formula is C15H27Cl3N4OS. The fourth-order valence-corrected chi connectivity index (χ4v) is 3.80. The van der Waals surface area contributed by atoms with Gasteiger partial charge in [-0.15, -0.1) is 48.6 Å². The van der Waals surface area contributed by atoms with Crippen molar-refractivity contribution < 1.29 is 4.79 Å². The van der Waals surface area contributed by atoms with Gasteiger partial charge in [-0.3, -0.25) is 9.69 Å². The number of nitrogens with zero attached hydrogens (tertiary/aromatic N) is 3. The van der Waals surface area contributed by atoms with Gasteiger partial charge in [0.05, 0.1) is 16.1 Å². The van der Waals surface area contributed by atoms with E-state index in [0.717, 1.165) is 62.9 Å². The molecule has 1 unspecified atom stereocenters. The van der Waals surface area contributed by atoms with Crippen LogP contribution < -0.4 is 5.32 Å². The number of nitrogens with one attached hydrogen (secondary N) is 1. The molecule has 1 aromatic rings. The Hall–Kier alpha value is -0.110. The average molecular weight is 418 g/mol. The number of thiazole rings is 1. The number of piperazine rings is 1. The summed E-state index contributed by atoms with van der Waals surface area (Å²) in [6.07, 6.45) is 0.962. The van der Waals surface area contributed by atoms with Crippen molar-refractivity contribution >= 4 is 54.5 Å². The molecule has 1 atom stereocenters. The maximum atomic E-state index is 12.6. The smallest absolute Gasteiger partial charge is 0.229 e. The highest BCUT2D eigenvalue weighted by atomic mass is 35.5. The van der Waals surface area contributed by atoms with Crippen molar-refractivity contribution in [1.82, 2.24) is 20.1 Å². The zero-order valence-electron chi connectivity index (χ0n) is 14.1. The van der Waals surface area contributed by atoms with Crippen LogP contribution in [-0.4, -0.2) is 60.0 Å². The van der Waals surface area contributed by atoms with Crippen LogP contribution in [0.4, 0.5) is 0 Å². The summed E-state index contributed by atoms with van der Waals surface area (Å²) < 4.78 is 0. The van der Waals surface area contributed by atoms with Crippen LogP contribution >= 0.6 is 48.6 Å². The molecule has 0 saturated carbocycles. The van der Waals surface area contributed by atoms with Gasteiger partial charge in [0.1, 0.15) is 0 Å². The number of aryl methyl sites for hydroxylation is 1. The zero-order valence-corrected chi connectivity index (χ0v) is 17.4. The Labute approximate surface area is 166 Å². The van der Waals surface area contributed by atoms with E-state index in [2.05, 4.69) is 32.4 Å². The summed E-state index contributed by atoms with van der Waals surface area (Å²) >= 11 is 1.71. The van der Waals surface area contributed by atoms with Crippen LogP contribution in [0.2, 0.25) is 0 Å². The van der Waals surface area contributed by atoms with Crippen LogP contribution in [0.15, 0.2) is 5.38 Å². The first-order valence-corrected chi connectivity index (χ1v) is 8.58. The summed E-state index contributed by atoms with van der Waals surface area (Å²) in [6.45, 7) is 10.4. The molecule has 0 radical (unpaired) electrons. The van der Waals surface area contributed by atoms with Crippen molar-refractivity contribution in [3.8, 4) is 0 Å². The first-order chi connectivity index (χ1) is 10.1. The SMILES string of the molecule is Cc1nc(CN2CCN(C(=O)C3(C)CCNC3)CC2)cs1.Cl.Cl.Cl. The highest BCUT2D eigenvalue weighted by Crippen LogP contribution is 2.27. The Morgan fingerprint density at radius 2 is 1.96 bits per heavy atom. The van der Waals surface area contributed by atoms with Crippen molar-refractivity contribution in [1.29, 1.82) is 0 Å². The number of aromatic nitrogens is 1. The number of hydrogen-bond acceptors (Lipinski definition) is 5. The van der Waals surface area contributed by atoms with E-state index >= 15 is 0 Å². The fraction of sp³-hybridized carbons (Fsp3) is 0.733. The lowest BCUT2D eigenvalue weighted by Gasteiger charge is -2.38. The summed E-state index contributed by atoms with van der Waals surface area (Å²) in [4.78, 5) is 21.6. The molecule has 2 aliphatic heterocycles. The van der Waals surface area contributed by atoms with Gasteiger partial charge in [-0.1, -0.05) is 0 Å². The van der Waals surface area contributed by atoms with E-state index in [0.29, 0.717) is 5.91 Å². The van der Waals surface area contributed by atoms with Crippen molar-refractivity contribution in [2.75, 3.05) is 39.3 Å². The van der Waals surface area contributed by atoms with E-state index in [-0.39, 0.29) is 42.6 Å². The van der Waals surface area contributed by atoms with Crippen LogP contribution in [-0.2, 0) is 11.3 Å². The van der Waals surface area contributed by atoms with Crippen LogP contribution in [0.3, 0.4) is 0 Å². The van der Waals surface area contributed by atoms with Gasteiger partial charge in [0.25, 0.3) is 0 Å². The lowest BCUT2D eigenvalue weighted by Crippen LogP contribution is -2.52. The Morgan fingerprint density at radius 1 is 1.29 bits per heavy atom. The van der Waals surface area contributed by atoms with Gasteiger partial charge < -0.3 is 10.2 Å². The lowest BCUT2D eigenvalue weighted by molar-refractivity contribution is -0.142. The van der Waals surface area contributed by atoms with Crippen molar-refractivity contribution in [2.45, 2.75) is 26.8 Å². The van der Waals surface area contributed by atoms with Gasteiger partial charge in [0.2, 0.25) is 5.91 Å². The number of carbonyl (C=O) groups excluding carboxylic acids is 1. The fourth-order valence-electron chi connectivity index (χ4n) is 3.20. The van der Waals surface area contributed by atoms with Crippen molar-refractivity contribution in [3.05, 3.63) is 16.1 Å². The quantitative estimate of drug-likeness (QED) is 0.820. The predicted molar refractivity (Wildman–Crippen MR) is 106 cm³/mol. The predicted octanol–water partition coefficient (Wildman–Crippen LogP) is 2.36. The molecular weight excluding hydrogens is 391 g/mol. The minimum absolute atomic E-state index is 0. The molecule has 2 saturated heterocycles. The van der Waals surface area contributed by atoms with Gasteiger partial charge in [-0.25, -0.2) is 4.98 Å². The summed E-state index contributed by atoms with van der Waals surface area (Å²) in [5, 5.41) is 6.57. The van der Waals surface area contributed by atoms with Crippen LogP contribution in [0.5, 0.6) is 0 Å². The van der Waals surface area contributed by atoms with Crippen molar-refractivity contribution in [3.63, 3.8) is 0 Å². The second-order valence-electron chi connectivity index (χ2n) is 6.41. The molecule has 3 heterocycles. The van der Waals surface area contributed by atoms with Crippen LogP contribution in [0.1, 0.15) is 24.0 Å². The number of rotatable bonds is 3. The van der Waals surface area contributed by atoms with E-state index in [9.17, 15) is 4.79 Å². The summed E-state index contributed by atoms with van der Waals surface area (Å²) in [5.41, 5.74) is 0.970. The third kappa shape index (κ3) is 5.44. The second-order valence-corrected chi connectivity index (χ2v) is 7.48. The van der Waals surface area contributed by atoms with Crippen molar-refractivity contribution in [2.24, 2.45) is 5.41 Å². The molecule has 0 aromatic carbocycles. The minimum Gasteiger partial charge on any atom is -0.340 e. The van der Waals surface area contributed by atoms with Crippen LogP contribution in [0, 0.1) is 12.3 Å². The number of halogens is 3. The molecule has 1 aromatic heterocycles. The van der Waals surface area contributed by atoms with Gasteiger partial charge in [-0.2, -0.15) is 0 Å². The Morgan fingerprint density at radius 3 is 2.46 bits per heavy atom. The molecule has 5 nitrogen and oxygen atoms in total. The summed E-state index contributed by atoms with van der Waals surface area (Å²) in [5.74, 6) is 0.330. The molecule has 0 bridgehead atoms. The molecule has 24 heavy (non-hydrogen) atoms. The molecule has 140 valence electrons. The van der Waals surface area contributed by atoms with Gasteiger partial charge in [0, 0.05) is 44.6 Å². The molecule has 2 aliphatic rings. The highest BCUT2D eigenvalue weighted by Gasteiger charge is 2.39. The first kappa shape index (κ1) is 23.9. The summed E-state index contributed by atoms with van der Waals surface area (Å²) in [7, 11) is 0. The maximum absolute atomic E-state index is 12.6. The van der Waals surface area contributed by atoms with Gasteiger partial charge >= 0.3 is 0 Å². The van der Waals surface area contributed by atoms with Crippen LogP contribution in [0.25, 0.3) is 0 Å². The Bertz CT molecular complexity index is 515. The number of carbonyl (C=O) groups is 1. The normalized spacial score (nSPS) is 23.8. The monoisotopic (exact) mass is 416 g/mol. The third-order valence-corrected chi connectivity index (χ3v) is 5.42. The Balaban J connectivity index is 0.00000176. The molecule has 0 spiro atoms. The topological polar surface area (TPSA) is 48.5 Å². The lowest BCUT2D eigenvalue weighted by atomic mass is 9.88. The molecule has 1 N–H and O–H groups in total. The molecule has 9 heteroatoms. The zero-order chi connectivity index (χ0) is 14.9. The van der Waals surface area contributed by atoms with E-state index in [1.54, 1.807) is 11.3 Å². The molecule has 3 rings (SSSR count). The average Bonchev–Trinajstić information content (AvgIpc) is 3.09. The standard InChI is InChI=1S/C15H24N4OS.3ClH/c1-12-17-13(10-21-12)9-18-5-7-19(8-6-18)14(20)15(2)3-4-16-11-15;;;/h10,16H,3-9,11H2,1-2H3;3*1H.